The Bertz CT molecular complexity index is 1120. The Kier molecular flexibility index (Phi) is 3.21. The third-order valence-electron chi connectivity index (χ3n) is 4.81. The Hall–Kier alpha value is -2.93. The van der Waals surface area contributed by atoms with Crippen LogP contribution in [0.5, 0.6) is 0 Å². The molecule has 126 valence electrons. The van der Waals surface area contributed by atoms with Crippen LogP contribution in [-0.4, -0.2) is 37.3 Å². The van der Waals surface area contributed by atoms with Crippen LogP contribution < -0.4 is 5.69 Å². The van der Waals surface area contributed by atoms with Crippen molar-refractivity contribution in [2.24, 2.45) is 0 Å². The molecule has 4 heterocycles. The lowest BCUT2D eigenvalue weighted by atomic mass is 10.1. The fourth-order valence-electron chi connectivity index (χ4n) is 3.55. The fourth-order valence-corrected chi connectivity index (χ4v) is 3.55. The van der Waals surface area contributed by atoms with E-state index >= 15 is 0 Å². The molecule has 1 aromatic carbocycles. The van der Waals surface area contributed by atoms with E-state index in [4.69, 9.17) is 9.72 Å². The van der Waals surface area contributed by atoms with Gasteiger partial charge in [-0.2, -0.15) is 0 Å². The van der Waals surface area contributed by atoms with Crippen LogP contribution in [0.4, 0.5) is 0 Å². The predicted molar refractivity (Wildman–Crippen MR) is 94.1 cm³/mol. The Morgan fingerprint density at radius 3 is 2.84 bits per heavy atom. The van der Waals surface area contributed by atoms with Gasteiger partial charge in [-0.25, -0.2) is 14.8 Å². The summed E-state index contributed by atoms with van der Waals surface area (Å²) in [4.78, 5) is 24.6. The van der Waals surface area contributed by atoms with Crippen molar-refractivity contribution in [1.82, 2.24) is 24.1 Å². The van der Waals surface area contributed by atoms with Gasteiger partial charge in [0.1, 0.15) is 12.1 Å². The number of nitrogens with one attached hydrogen (secondary N) is 1. The number of benzene rings is 1. The van der Waals surface area contributed by atoms with Crippen LogP contribution in [0.25, 0.3) is 28.0 Å². The Balaban J connectivity index is 1.69. The quantitative estimate of drug-likeness (QED) is 0.610. The highest BCUT2D eigenvalue weighted by atomic mass is 16.5. The zero-order valence-corrected chi connectivity index (χ0v) is 13.6. The lowest BCUT2D eigenvalue weighted by molar-refractivity contribution is 0.0697. The molecule has 0 saturated carbocycles. The molecule has 25 heavy (non-hydrogen) atoms. The third kappa shape index (κ3) is 2.27. The molecule has 0 amide bonds. The van der Waals surface area contributed by atoms with Crippen molar-refractivity contribution >= 4 is 22.2 Å². The summed E-state index contributed by atoms with van der Waals surface area (Å²) < 4.78 is 9.15. The van der Waals surface area contributed by atoms with Crippen molar-refractivity contribution in [1.29, 1.82) is 0 Å². The van der Waals surface area contributed by atoms with E-state index in [-0.39, 0.29) is 11.7 Å². The second-order valence-electron chi connectivity index (χ2n) is 6.29. The van der Waals surface area contributed by atoms with Gasteiger partial charge in [-0.15, -0.1) is 0 Å². The maximum Gasteiger partial charge on any atom is 0.327 e. The average molecular weight is 335 g/mol. The lowest BCUT2D eigenvalue weighted by Crippen LogP contribution is -2.27. The minimum Gasteiger partial charge on any atom is -0.381 e. The van der Waals surface area contributed by atoms with E-state index in [2.05, 4.69) is 9.97 Å². The Labute approximate surface area is 142 Å². The van der Waals surface area contributed by atoms with Crippen LogP contribution in [0.1, 0.15) is 18.9 Å². The van der Waals surface area contributed by atoms with Crippen molar-refractivity contribution in [3.05, 3.63) is 53.2 Å². The van der Waals surface area contributed by atoms with Crippen LogP contribution in [0.3, 0.4) is 0 Å². The molecule has 7 heteroatoms. The first-order valence-corrected chi connectivity index (χ1v) is 8.43. The molecule has 5 rings (SSSR count). The number of nitrogens with zero attached hydrogens (tertiary/aromatic N) is 4. The molecule has 4 aromatic rings. The summed E-state index contributed by atoms with van der Waals surface area (Å²) in [5, 5.41) is 0. The van der Waals surface area contributed by atoms with Crippen molar-refractivity contribution in [2.45, 2.75) is 18.9 Å². The number of pyridine rings is 1. The molecule has 0 unspecified atom stereocenters. The van der Waals surface area contributed by atoms with Crippen molar-refractivity contribution in [3.63, 3.8) is 0 Å². The molecule has 1 aliphatic heterocycles. The topological polar surface area (TPSA) is 77.7 Å². The van der Waals surface area contributed by atoms with Crippen LogP contribution in [0.15, 0.2) is 47.5 Å². The van der Waals surface area contributed by atoms with E-state index in [0.29, 0.717) is 18.9 Å². The average Bonchev–Trinajstić information content (AvgIpc) is 3.22. The van der Waals surface area contributed by atoms with E-state index in [9.17, 15) is 4.79 Å². The minimum atomic E-state index is -0.109. The molecule has 1 aliphatic rings. The van der Waals surface area contributed by atoms with E-state index < -0.39 is 0 Å². The zero-order chi connectivity index (χ0) is 16.8. The molecular formula is C18H17N5O2. The summed E-state index contributed by atoms with van der Waals surface area (Å²) in [6.45, 7) is 1.35. The molecule has 0 atom stereocenters. The van der Waals surface area contributed by atoms with Crippen molar-refractivity contribution < 1.29 is 4.74 Å². The van der Waals surface area contributed by atoms with Gasteiger partial charge in [0.05, 0.1) is 16.6 Å². The molecule has 1 saturated heterocycles. The largest absolute Gasteiger partial charge is 0.381 e. The highest BCUT2D eigenvalue weighted by Gasteiger charge is 2.21. The molecule has 1 fully saturated rings. The highest BCUT2D eigenvalue weighted by molar-refractivity contribution is 5.78. The minimum absolute atomic E-state index is 0.109. The Morgan fingerprint density at radius 2 is 1.96 bits per heavy atom. The van der Waals surface area contributed by atoms with Gasteiger partial charge in [-0.05, 0) is 37.1 Å². The second kappa shape index (κ2) is 5.56. The molecule has 1 N–H and O–H groups in total. The van der Waals surface area contributed by atoms with Crippen molar-refractivity contribution in [2.75, 3.05) is 13.2 Å². The molecule has 7 nitrogen and oxygen atoms in total. The first kappa shape index (κ1) is 14.4. The maximum absolute atomic E-state index is 12.5. The summed E-state index contributed by atoms with van der Waals surface area (Å²) in [7, 11) is 0. The molecule has 0 spiro atoms. The number of imidazole rings is 2. The number of fused-ring (bicyclic) bond motifs is 2. The smallest absolute Gasteiger partial charge is 0.327 e. The number of rotatable bonds is 2. The van der Waals surface area contributed by atoms with Gasteiger partial charge in [0.2, 0.25) is 0 Å². The monoisotopic (exact) mass is 335 g/mol. The fraction of sp³-hybridized carbons (Fsp3) is 0.278. The zero-order valence-electron chi connectivity index (χ0n) is 13.6. The van der Waals surface area contributed by atoms with E-state index in [1.54, 1.807) is 10.9 Å². The van der Waals surface area contributed by atoms with E-state index in [1.807, 2.05) is 41.0 Å². The lowest BCUT2D eigenvalue weighted by Gasteiger charge is -2.22. The number of H-pyrrole nitrogens is 1. The van der Waals surface area contributed by atoms with Gasteiger partial charge in [0.25, 0.3) is 0 Å². The number of ether oxygens (including phenoxy) is 1. The summed E-state index contributed by atoms with van der Waals surface area (Å²) in [5.41, 5.74) is 3.24. The highest BCUT2D eigenvalue weighted by Crippen LogP contribution is 2.24. The SMILES string of the molecule is O=c1[nH]c2ccc(-n3cnc4ccccc43)nc2n1C1CCOCC1. The maximum atomic E-state index is 12.5. The normalized spacial score (nSPS) is 16.0. The Morgan fingerprint density at radius 1 is 1.12 bits per heavy atom. The van der Waals surface area contributed by atoms with Crippen LogP contribution in [0, 0.1) is 0 Å². The predicted octanol–water partition coefficient (Wildman–Crippen LogP) is 2.42. The molecule has 0 radical (unpaired) electrons. The van der Waals surface area contributed by atoms with Crippen LogP contribution in [-0.2, 0) is 4.74 Å². The van der Waals surface area contributed by atoms with E-state index in [1.165, 1.54) is 0 Å². The third-order valence-corrected chi connectivity index (χ3v) is 4.81. The van der Waals surface area contributed by atoms with Gasteiger partial charge >= 0.3 is 5.69 Å². The molecule has 0 bridgehead atoms. The van der Waals surface area contributed by atoms with Crippen LogP contribution >= 0.6 is 0 Å². The molecule has 0 aliphatic carbocycles. The molecule has 3 aromatic heterocycles. The summed E-state index contributed by atoms with van der Waals surface area (Å²) in [5.74, 6) is 0.751. The second-order valence-corrected chi connectivity index (χ2v) is 6.29. The molecular weight excluding hydrogens is 318 g/mol. The summed E-state index contributed by atoms with van der Waals surface area (Å²) in [6.07, 6.45) is 3.42. The first-order chi connectivity index (χ1) is 12.3. The van der Waals surface area contributed by atoms with Crippen molar-refractivity contribution in [3.8, 4) is 5.82 Å². The number of aromatic amines is 1. The van der Waals surface area contributed by atoms with Crippen LogP contribution in [0.2, 0.25) is 0 Å². The van der Waals surface area contributed by atoms with Gasteiger partial charge < -0.3 is 9.72 Å². The standard InChI is InChI=1S/C18H17N5O2/c24-18-20-14-5-6-16(22-11-19-13-3-1-2-4-15(13)22)21-17(14)23(18)12-7-9-25-10-8-12/h1-6,11-12H,7-10H2,(H,20,24). The number of aromatic nitrogens is 5. The number of para-hydroxylation sites is 2. The van der Waals surface area contributed by atoms with Gasteiger partial charge in [-0.1, -0.05) is 12.1 Å². The first-order valence-electron chi connectivity index (χ1n) is 8.43. The van der Waals surface area contributed by atoms with Gasteiger partial charge in [0, 0.05) is 19.3 Å². The van der Waals surface area contributed by atoms with Gasteiger partial charge in [0.15, 0.2) is 5.65 Å². The van der Waals surface area contributed by atoms with E-state index in [0.717, 1.165) is 35.2 Å². The summed E-state index contributed by atoms with van der Waals surface area (Å²) >= 11 is 0. The number of hydrogen-bond donors (Lipinski definition) is 1. The summed E-state index contributed by atoms with van der Waals surface area (Å²) in [6, 6.07) is 11.9. The number of hydrogen-bond acceptors (Lipinski definition) is 4. The van der Waals surface area contributed by atoms with Gasteiger partial charge in [-0.3, -0.25) is 9.13 Å².